The van der Waals surface area contributed by atoms with Crippen molar-refractivity contribution in [3.63, 3.8) is 0 Å². The zero-order chi connectivity index (χ0) is 19.4. The summed E-state index contributed by atoms with van der Waals surface area (Å²) in [5, 5.41) is 0. The van der Waals surface area contributed by atoms with Crippen LogP contribution >= 0.6 is 0 Å². The standard InChI is InChI=1S/C23H34O4/c1-14(24)27-13-20(26)18-10-9-17-16-8-7-15-6-4-5-11-22(15,2)21(16)19(25)12-23(17,18)3/h15-18,21H,4-13H2,1-3H3/t15?,16?,17?,18-,21?,22+,23+/m1/s1. The minimum absolute atomic E-state index is 0.0130. The number of rotatable bonds is 3. The van der Waals surface area contributed by atoms with Gasteiger partial charge in [-0.05, 0) is 67.1 Å². The van der Waals surface area contributed by atoms with E-state index in [0.29, 0.717) is 30.0 Å². The Bertz CT molecular complexity index is 655. The summed E-state index contributed by atoms with van der Waals surface area (Å²) in [6.45, 7) is 5.77. The first-order chi connectivity index (χ1) is 12.8. The molecule has 0 heterocycles. The lowest BCUT2D eigenvalue weighted by Crippen LogP contribution is -2.57. The second kappa shape index (κ2) is 6.70. The molecule has 0 bridgehead atoms. The van der Waals surface area contributed by atoms with Gasteiger partial charge in [0.25, 0.3) is 0 Å². The Kier molecular flexibility index (Phi) is 4.75. The predicted molar refractivity (Wildman–Crippen MR) is 102 cm³/mol. The average Bonchev–Trinajstić information content (AvgIpc) is 2.95. The number of ketones is 2. The minimum atomic E-state index is -0.411. The molecule has 150 valence electrons. The van der Waals surface area contributed by atoms with E-state index in [9.17, 15) is 14.4 Å². The highest BCUT2D eigenvalue weighted by Crippen LogP contribution is 2.66. The zero-order valence-corrected chi connectivity index (χ0v) is 17.1. The molecule has 4 nitrogen and oxygen atoms in total. The molecule has 0 aromatic carbocycles. The van der Waals surface area contributed by atoms with Crippen molar-refractivity contribution < 1.29 is 19.1 Å². The van der Waals surface area contributed by atoms with E-state index < -0.39 is 5.97 Å². The van der Waals surface area contributed by atoms with Crippen LogP contribution in [-0.2, 0) is 19.1 Å². The van der Waals surface area contributed by atoms with Crippen LogP contribution in [0.25, 0.3) is 0 Å². The average molecular weight is 375 g/mol. The van der Waals surface area contributed by atoms with Gasteiger partial charge in [0, 0.05) is 25.2 Å². The van der Waals surface area contributed by atoms with Crippen LogP contribution in [0.3, 0.4) is 0 Å². The van der Waals surface area contributed by atoms with E-state index in [1.807, 2.05) is 0 Å². The smallest absolute Gasteiger partial charge is 0.303 e. The maximum atomic E-state index is 13.5. The summed E-state index contributed by atoms with van der Waals surface area (Å²) in [6, 6.07) is 0. The first kappa shape index (κ1) is 19.1. The molecule has 0 aromatic rings. The van der Waals surface area contributed by atoms with Crippen LogP contribution < -0.4 is 0 Å². The lowest BCUT2D eigenvalue weighted by molar-refractivity contribution is -0.160. The molecule has 4 rings (SSSR count). The van der Waals surface area contributed by atoms with E-state index >= 15 is 0 Å². The van der Waals surface area contributed by atoms with E-state index in [0.717, 1.165) is 19.3 Å². The summed E-state index contributed by atoms with van der Waals surface area (Å²) in [7, 11) is 0. The molecule has 0 aliphatic heterocycles. The van der Waals surface area contributed by atoms with Gasteiger partial charge in [0.05, 0.1) is 0 Å². The van der Waals surface area contributed by atoms with E-state index in [4.69, 9.17) is 4.74 Å². The molecule has 0 saturated heterocycles. The maximum absolute atomic E-state index is 13.5. The van der Waals surface area contributed by atoms with Crippen molar-refractivity contribution in [3.8, 4) is 0 Å². The molecule has 0 aromatic heterocycles. The second-order valence-corrected chi connectivity index (χ2v) is 10.3. The number of fused-ring (bicyclic) bond motifs is 5. The molecular weight excluding hydrogens is 340 g/mol. The van der Waals surface area contributed by atoms with Crippen molar-refractivity contribution in [2.75, 3.05) is 6.61 Å². The molecule has 4 saturated carbocycles. The summed E-state index contributed by atoms with van der Waals surface area (Å²) >= 11 is 0. The minimum Gasteiger partial charge on any atom is -0.458 e. The van der Waals surface area contributed by atoms with Gasteiger partial charge in [-0.2, -0.15) is 0 Å². The quantitative estimate of drug-likeness (QED) is 0.689. The van der Waals surface area contributed by atoms with Gasteiger partial charge < -0.3 is 4.74 Å². The summed E-state index contributed by atoms with van der Waals surface area (Å²) in [4.78, 5) is 37.4. The van der Waals surface area contributed by atoms with Crippen molar-refractivity contribution in [3.05, 3.63) is 0 Å². The molecule has 4 unspecified atom stereocenters. The Morgan fingerprint density at radius 1 is 1.04 bits per heavy atom. The lowest BCUT2D eigenvalue weighted by Gasteiger charge is -2.59. The van der Waals surface area contributed by atoms with Crippen LogP contribution in [0, 0.1) is 40.4 Å². The van der Waals surface area contributed by atoms with Gasteiger partial charge in [0.2, 0.25) is 0 Å². The van der Waals surface area contributed by atoms with Gasteiger partial charge in [-0.25, -0.2) is 0 Å². The Labute approximate surface area is 162 Å². The molecule has 27 heavy (non-hydrogen) atoms. The molecule has 7 atom stereocenters. The number of carbonyl (C=O) groups excluding carboxylic acids is 3. The van der Waals surface area contributed by atoms with E-state index in [2.05, 4.69) is 13.8 Å². The number of Topliss-reactive ketones (excluding diaryl/α,β-unsaturated/α-hetero) is 2. The van der Waals surface area contributed by atoms with Crippen LogP contribution in [-0.4, -0.2) is 24.1 Å². The SMILES string of the molecule is CC(=O)OCC(=O)[C@H]1CCC2C3CCC4CCCC[C@]4(C)C3C(=O)C[C@@]21C. The number of hydrogen-bond acceptors (Lipinski definition) is 4. The number of esters is 1. The Morgan fingerprint density at radius 3 is 2.56 bits per heavy atom. The van der Waals surface area contributed by atoms with Crippen molar-refractivity contribution in [2.24, 2.45) is 40.4 Å². The van der Waals surface area contributed by atoms with Gasteiger partial charge in [-0.15, -0.1) is 0 Å². The van der Waals surface area contributed by atoms with Crippen molar-refractivity contribution in [1.82, 2.24) is 0 Å². The fourth-order valence-electron chi connectivity index (χ4n) is 7.91. The summed E-state index contributed by atoms with van der Waals surface area (Å²) in [5.41, 5.74) is -0.0627. The van der Waals surface area contributed by atoms with Crippen LogP contribution in [0.2, 0.25) is 0 Å². The second-order valence-electron chi connectivity index (χ2n) is 10.3. The molecule has 0 amide bonds. The fraction of sp³-hybridized carbons (Fsp3) is 0.870. The topological polar surface area (TPSA) is 60.4 Å². The fourth-order valence-corrected chi connectivity index (χ4v) is 7.91. The van der Waals surface area contributed by atoms with Crippen molar-refractivity contribution in [1.29, 1.82) is 0 Å². The highest BCUT2D eigenvalue weighted by Gasteiger charge is 2.63. The molecular formula is C23H34O4. The van der Waals surface area contributed by atoms with E-state index in [1.165, 1.54) is 39.0 Å². The summed E-state index contributed by atoms with van der Waals surface area (Å²) in [5.74, 6) is 1.71. The van der Waals surface area contributed by atoms with Gasteiger partial charge in [-0.3, -0.25) is 14.4 Å². The molecule has 0 radical (unpaired) electrons. The number of hydrogen-bond donors (Lipinski definition) is 0. The third kappa shape index (κ3) is 2.89. The van der Waals surface area contributed by atoms with Crippen LogP contribution in [0.1, 0.15) is 78.6 Å². The number of carbonyl (C=O) groups is 3. The predicted octanol–water partition coefficient (Wildman–Crippen LogP) is 4.35. The Balaban J connectivity index is 1.59. The first-order valence-corrected chi connectivity index (χ1v) is 11.0. The Hall–Kier alpha value is -1.19. The van der Waals surface area contributed by atoms with Crippen LogP contribution in [0.4, 0.5) is 0 Å². The van der Waals surface area contributed by atoms with Gasteiger partial charge in [0.1, 0.15) is 12.4 Å². The van der Waals surface area contributed by atoms with Crippen LogP contribution in [0.15, 0.2) is 0 Å². The summed E-state index contributed by atoms with van der Waals surface area (Å²) < 4.78 is 4.99. The Morgan fingerprint density at radius 2 is 1.81 bits per heavy atom. The van der Waals surface area contributed by atoms with Crippen LogP contribution in [0.5, 0.6) is 0 Å². The molecule has 4 aliphatic carbocycles. The largest absolute Gasteiger partial charge is 0.458 e. The maximum Gasteiger partial charge on any atom is 0.303 e. The third-order valence-electron chi connectivity index (χ3n) is 9.07. The normalized spacial score (nSPS) is 46.2. The number of ether oxygens (including phenoxy) is 1. The van der Waals surface area contributed by atoms with E-state index in [-0.39, 0.29) is 35.1 Å². The third-order valence-corrected chi connectivity index (χ3v) is 9.07. The highest BCUT2D eigenvalue weighted by atomic mass is 16.5. The monoisotopic (exact) mass is 374 g/mol. The van der Waals surface area contributed by atoms with Gasteiger partial charge in [-0.1, -0.05) is 26.7 Å². The lowest BCUT2D eigenvalue weighted by atomic mass is 9.44. The molecule has 0 spiro atoms. The summed E-state index contributed by atoms with van der Waals surface area (Å²) in [6.07, 6.45) is 9.90. The van der Waals surface area contributed by atoms with Crippen molar-refractivity contribution in [2.45, 2.75) is 78.6 Å². The van der Waals surface area contributed by atoms with Gasteiger partial charge in [0.15, 0.2) is 5.78 Å². The first-order valence-electron chi connectivity index (χ1n) is 11.0. The molecule has 4 heteroatoms. The van der Waals surface area contributed by atoms with E-state index in [1.54, 1.807) is 0 Å². The van der Waals surface area contributed by atoms with Crippen molar-refractivity contribution >= 4 is 17.5 Å². The molecule has 4 fully saturated rings. The highest BCUT2D eigenvalue weighted by molar-refractivity contribution is 5.89. The molecule has 4 aliphatic rings. The molecule has 0 N–H and O–H groups in total. The van der Waals surface area contributed by atoms with Gasteiger partial charge >= 0.3 is 5.97 Å². The zero-order valence-electron chi connectivity index (χ0n) is 17.1.